The average Bonchev–Trinajstić information content (AvgIpc) is 2.25. The zero-order valence-corrected chi connectivity index (χ0v) is 9.66. The summed E-state index contributed by atoms with van der Waals surface area (Å²) in [6, 6.07) is 1.87. The summed E-state index contributed by atoms with van der Waals surface area (Å²) < 4.78 is 5.14. The highest BCUT2D eigenvalue weighted by molar-refractivity contribution is 5.47. The van der Waals surface area contributed by atoms with Crippen molar-refractivity contribution in [3.63, 3.8) is 0 Å². The van der Waals surface area contributed by atoms with Crippen LogP contribution in [0.4, 0.5) is 11.6 Å². The lowest BCUT2D eigenvalue weighted by molar-refractivity contribution is 0.128. The molecule has 15 heavy (non-hydrogen) atoms. The van der Waals surface area contributed by atoms with E-state index in [-0.39, 0.29) is 6.10 Å². The molecule has 1 atom stereocenters. The molecule has 0 bridgehead atoms. The van der Waals surface area contributed by atoms with Gasteiger partial charge in [-0.3, -0.25) is 0 Å². The second kappa shape index (κ2) is 5.50. The standard InChI is InChI=1S/C10H18N4O/c1-7(15-4)6-12-10-5-9(11-3)13-8(2)14-10/h5,7H,6H2,1-4H3,(H2,11,12,13,14). The first-order valence-electron chi connectivity index (χ1n) is 4.95. The number of rotatable bonds is 5. The molecule has 1 aromatic rings. The zero-order valence-electron chi connectivity index (χ0n) is 9.66. The van der Waals surface area contributed by atoms with E-state index in [1.54, 1.807) is 7.11 Å². The van der Waals surface area contributed by atoms with Gasteiger partial charge in [-0.25, -0.2) is 9.97 Å². The van der Waals surface area contributed by atoms with E-state index < -0.39 is 0 Å². The monoisotopic (exact) mass is 210 g/mol. The molecule has 0 fully saturated rings. The van der Waals surface area contributed by atoms with E-state index in [9.17, 15) is 0 Å². The predicted octanol–water partition coefficient (Wildman–Crippen LogP) is 1.27. The maximum atomic E-state index is 5.14. The van der Waals surface area contributed by atoms with Crippen LogP contribution < -0.4 is 10.6 Å². The molecule has 1 heterocycles. The summed E-state index contributed by atoms with van der Waals surface area (Å²) in [5, 5.41) is 6.18. The third-order valence-electron chi connectivity index (χ3n) is 2.07. The third kappa shape index (κ3) is 3.71. The van der Waals surface area contributed by atoms with Crippen LogP contribution in [0.15, 0.2) is 6.07 Å². The molecule has 84 valence electrons. The number of ether oxygens (including phenoxy) is 1. The van der Waals surface area contributed by atoms with Crippen molar-refractivity contribution in [3.05, 3.63) is 11.9 Å². The van der Waals surface area contributed by atoms with Gasteiger partial charge in [-0.15, -0.1) is 0 Å². The van der Waals surface area contributed by atoms with Crippen LogP contribution in [0.3, 0.4) is 0 Å². The van der Waals surface area contributed by atoms with E-state index in [1.807, 2.05) is 27.0 Å². The van der Waals surface area contributed by atoms with Crippen LogP contribution in [-0.2, 0) is 4.74 Å². The Morgan fingerprint density at radius 1 is 1.40 bits per heavy atom. The molecule has 0 aliphatic carbocycles. The van der Waals surface area contributed by atoms with Crippen molar-refractivity contribution in [2.45, 2.75) is 20.0 Å². The van der Waals surface area contributed by atoms with Crippen LogP contribution in [0.1, 0.15) is 12.7 Å². The number of anilines is 2. The Kier molecular flexibility index (Phi) is 4.30. The van der Waals surface area contributed by atoms with E-state index >= 15 is 0 Å². The highest BCUT2D eigenvalue weighted by Crippen LogP contribution is 2.10. The summed E-state index contributed by atoms with van der Waals surface area (Å²) in [5.74, 6) is 2.38. The van der Waals surface area contributed by atoms with Crippen molar-refractivity contribution >= 4 is 11.6 Å². The fourth-order valence-electron chi connectivity index (χ4n) is 1.12. The molecule has 5 nitrogen and oxygen atoms in total. The smallest absolute Gasteiger partial charge is 0.131 e. The predicted molar refractivity (Wildman–Crippen MR) is 61.3 cm³/mol. The molecular formula is C10H18N4O. The summed E-state index contributed by atoms with van der Waals surface area (Å²) >= 11 is 0. The Morgan fingerprint density at radius 3 is 2.67 bits per heavy atom. The molecule has 1 rings (SSSR count). The molecule has 0 aliphatic heterocycles. The fraction of sp³-hybridized carbons (Fsp3) is 0.600. The first-order chi connectivity index (χ1) is 7.15. The van der Waals surface area contributed by atoms with E-state index in [0.29, 0.717) is 0 Å². The number of aromatic nitrogens is 2. The van der Waals surface area contributed by atoms with Gasteiger partial charge in [0.1, 0.15) is 17.5 Å². The van der Waals surface area contributed by atoms with Gasteiger partial charge >= 0.3 is 0 Å². The number of nitrogens with zero attached hydrogens (tertiary/aromatic N) is 2. The molecule has 2 N–H and O–H groups in total. The van der Waals surface area contributed by atoms with E-state index in [2.05, 4.69) is 20.6 Å². The highest BCUT2D eigenvalue weighted by Gasteiger charge is 2.02. The molecule has 0 aliphatic rings. The molecule has 0 amide bonds. The SMILES string of the molecule is CNc1cc(NCC(C)OC)nc(C)n1. The second-order valence-corrected chi connectivity index (χ2v) is 3.36. The Hall–Kier alpha value is -1.36. The van der Waals surface area contributed by atoms with E-state index in [4.69, 9.17) is 4.74 Å². The maximum Gasteiger partial charge on any atom is 0.131 e. The Balaban J connectivity index is 2.64. The lowest BCUT2D eigenvalue weighted by atomic mass is 10.4. The third-order valence-corrected chi connectivity index (χ3v) is 2.07. The summed E-state index contributed by atoms with van der Waals surface area (Å²) in [7, 11) is 3.53. The first kappa shape index (κ1) is 11.7. The number of hydrogen-bond donors (Lipinski definition) is 2. The van der Waals surface area contributed by atoms with Gasteiger partial charge in [0.15, 0.2) is 0 Å². The van der Waals surface area contributed by atoms with Gasteiger partial charge in [0.25, 0.3) is 0 Å². The Labute approximate surface area is 90.3 Å². The van der Waals surface area contributed by atoms with Gasteiger partial charge < -0.3 is 15.4 Å². The quantitative estimate of drug-likeness (QED) is 0.766. The van der Waals surface area contributed by atoms with E-state index in [1.165, 1.54) is 0 Å². The number of aryl methyl sites for hydroxylation is 1. The molecular weight excluding hydrogens is 192 g/mol. The molecule has 0 saturated heterocycles. The summed E-state index contributed by atoms with van der Waals surface area (Å²) in [6.45, 7) is 4.60. The topological polar surface area (TPSA) is 59.1 Å². The van der Waals surface area contributed by atoms with Crippen LogP contribution in [-0.4, -0.2) is 36.8 Å². The van der Waals surface area contributed by atoms with Crippen molar-refractivity contribution in [1.29, 1.82) is 0 Å². The zero-order chi connectivity index (χ0) is 11.3. The van der Waals surface area contributed by atoms with Crippen LogP contribution >= 0.6 is 0 Å². The van der Waals surface area contributed by atoms with Gasteiger partial charge in [0.2, 0.25) is 0 Å². The minimum absolute atomic E-state index is 0.165. The van der Waals surface area contributed by atoms with Crippen LogP contribution in [0.25, 0.3) is 0 Å². The van der Waals surface area contributed by atoms with Crippen molar-refractivity contribution in [1.82, 2.24) is 9.97 Å². The summed E-state index contributed by atoms with van der Waals surface area (Å²) in [6.07, 6.45) is 0.165. The molecule has 5 heteroatoms. The molecule has 0 radical (unpaired) electrons. The molecule has 0 aromatic carbocycles. The van der Waals surface area contributed by atoms with Crippen molar-refractivity contribution < 1.29 is 4.74 Å². The minimum atomic E-state index is 0.165. The van der Waals surface area contributed by atoms with Crippen molar-refractivity contribution in [2.24, 2.45) is 0 Å². The normalized spacial score (nSPS) is 12.3. The minimum Gasteiger partial charge on any atom is -0.380 e. The lowest BCUT2D eigenvalue weighted by Crippen LogP contribution is -2.19. The fourth-order valence-corrected chi connectivity index (χ4v) is 1.12. The summed E-state index contributed by atoms with van der Waals surface area (Å²) in [4.78, 5) is 8.48. The Morgan fingerprint density at radius 2 is 2.07 bits per heavy atom. The Bertz CT molecular complexity index is 316. The highest BCUT2D eigenvalue weighted by atomic mass is 16.5. The van der Waals surface area contributed by atoms with E-state index in [0.717, 1.165) is 24.0 Å². The lowest BCUT2D eigenvalue weighted by Gasteiger charge is -2.12. The first-order valence-corrected chi connectivity index (χ1v) is 4.95. The molecule has 1 aromatic heterocycles. The van der Waals surface area contributed by atoms with Crippen LogP contribution in [0, 0.1) is 6.92 Å². The number of methoxy groups -OCH3 is 1. The van der Waals surface area contributed by atoms with Crippen molar-refractivity contribution in [3.8, 4) is 0 Å². The molecule has 1 unspecified atom stereocenters. The van der Waals surface area contributed by atoms with Gasteiger partial charge in [-0.05, 0) is 13.8 Å². The van der Waals surface area contributed by atoms with Gasteiger partial charge in [0, 0.05) is 26.8 Å². The van der Waals surface area contributed by atoms with Gasteiger partial charge in [-0.2, -0.15) is 0 Å². The largest absolute Gasteiger partial charge is 0.380 e. The maximum absolute atomic E-state index is 5.14. The molecule has 0 spiro atoms. The van der Waals surface area contributed by atoms with Crippen LogP contribution in [0.2, 0.25) is 0 Å². The molecule has 0 saturated carbocycles. The average molecular weight is 210 g/mol. The second-order valence-electron chi connectivity index (χ2n) is 3.36. The van der Waals surface area contributed by atoms with Crippen molar-refractivity contribution in [2.75, 3.05) is 31.3 Å². The van der Waals surface area contributed by atoms with Gasteiger partial charge in [0.05, 0.1) is 6.10 Å². The van der Waals surface area contributed by atoms with Crippen LogP contribution in [0.5, 0.6) is 0 Å². The number of hydrogen-bond acceptors (Lipinski definition) is 5. The van der Waals surface area contributed by atoms with Gasteiger partial charge in [-0.1, -0.05) is 0 Å². The number of nitrogens with one attached hydrogen (secondary N) is 2. The summed E-state index contributed by atoms with van der Waals surface area (Å²) in [5.41, 5.74) is 0.